The van der Waals surface area contributed by atoms with Crippen molar-refractivity contribution in [1.29, 1.82) is 5.26 Å². The average Bonchev–Trinajstić information content (AvgIpc) is 2.69. The van der Waals surface area contributed by atoms with Crippen LogP contribution in [0.3, 0.4) is 0 Å². The van der Waals surface area contributed by atoms with E-state index in [4.69, 9.17) is 5.26 Å². The molecule has 0 bridgehead atoms. The highest BCUT2D eigenvalue weighted by atomic mass is 15.1. The number of benzene rings is 2. The van der Waals surface area contributed by atoms with Crippen molar-refractivity contribution in [3.63, 3.8) is 0 Å². The third kappa shape index (κ3) is 4.58. The molecule has 5 heteroatoms. The topological polar surface area (TPSA) is 73.6 Å². The highest BCUT2D eigenvalue weighted by Gasteiger charge is 2.07. The number of unbranched alkanes of at least 4 members (excludes halogenated alkanes) is 1. The van der Waals surface area contributed by atoms with E-state index < -0.39 is 0 Å². The van der Waals surface area contributed by atoms with E-state index >= 15 is 0 Å². The molecule has 5 nitrogen and oxygen atoms in total. The molecule has 0 saturated heterocycles. The molecule has 2 aromatic carbocycles. The first-order chi connectivity index (χ1) is 12.8. The molecular weight excluding hydrogens is 322 g/mol. The minimum absolute atomic E-state index is 0.607. The lowest BCUT2D eigenvalue weighted by molar-refractivity contribution is 0.827. The second kappa shape index (κ2) is 8.63. The number of anilines is 3. The fourth-order valence-electron chi connectivity index (χ4n) is 2.50. The van der Waals surface area contributed by atoms with Crippen LogP contribution in [0, 0.1) is 11.3 Å². The summed E-state index contributed by atoms with van der Waals surface area (Å²) in [4.78, 5) is 9.21. The molecular formula is C21H21N5. The van der Waals surface area contributed by atoms with Gasteiger partial charge >= 0.3 is 0 Å². The van der Waals surface area contributed by atoms with Crippen LogP contribution in [-0.2, 0) is 0 Å². The highest BCUT2D eigenvalue weighted by molar-refractivity contribution is 5.67. The normalized spacial score (nSPS) is 10.2. The van der Waals surface area contributed by atoms with E-state index in [-0.39, 0.29) is 0 Å². The molecule has 26 heavy (non-hydrogen) atoms. The minimum atomic E-state index is 0.607. The van der Waals surface area contributed by atoms with Crippen molar-refractivity contribution in [3.8, 4) is 17.3 Å². The molecule has 0 saturated carbocycles. The molecule has 0 fully saturated rings. The number of hydrogen-bond donors (Lipinski definition) is 2. The number of rotatable bonds is 7. The van der Waals surface area contributed by atoms with Gasteiger partial charge in [0.1, 0.15) is 5.82 Å². The largest absolute Gasteiger partial charge is 0.354 e. The number of aromatic nitrogens is 2. The van der Waals surface area contributed by atoms with Crippen molar-refractivity contribution in [2.45, 2.75) is 19.8 Å². The van der Waals surface area contributed by atoms with Crippen molar-refractivity contribution >= 4 is 17.5 Å². The lowest BCUT2D eigenvalue weighted by Crippen LogP contribution is -2.07. The van der Waals surface area contributed by atoms with Crippen LogP contribution in [0.2, 0.25) is 0 Å². The van der Waals surface area contributed by atoms with Crippen LogP contribution < -0.4 is 10.6 Å². The summed E-state index contributed by atoms with van der Waals surface area (Å²) < 4.78 is 0. The monoisotopic (exact) mass is 343 g/mol. The molecule has 0 aliphatic carbocycles. The Morgan fingerprint density at radius 3 is 2.46 bits per heavy atom. The van der Waals surface area contributed by atoms with Gasteiger partial charge in [-0.25, -0.2) is 4.98 Å². The van der Waals surface area contributed by atoms with Gasteiger partial charge in [0.2, 0.25) is 5.95 Å². The van der Waals surface area contributed by atoms with Gasteiger partial charge in [0.05, 0.1) is 17.3 Å². The predicted molar refractivity (Wildman–Crippen MR) is 105 cm³/mol. The minimum Gasteiger partial charge on any atom is -0.354 e. The first-order valence-electron chi connectivity index (χ1n) is 8.74. The van der Waals surface area contributed by atoms with Gasteiger partial charge in [-0.1, -0.05) is 43.7 Å². The summed E-state index contributed by atoms with van der Waals surface area (Å²) in [6.07, 6.45) is 2.18. The average molecular weight is 343 g/mol. The Bertz CT molecular complexity index is 883. The summed E-state index contributed by atoms with van der Waals surface area (Å²) in [6, 6.07) is 21.4. The summed E-state index contributed by atoms with van der Waals surface area (Å²) in [6.45, 7) is 2.99. The van der Waals surface area contributed by atoms with Crippen LogP contribution in [-0.4, -0.2) is 16.5 Å². The van der Waals surface area contributed by atoms with Crippen LogP contribution in [0.1, 0.15) is 25.3 Å². The lowest BCUT2D eigenvalue weighted by atomic mass is 10.1. The van der Waals surface area contributed by atoms with Crippen LogP contribution in [0.4, 0.5) is 17.5 Å². The van der Waals surface area contributed by atoms with Crippen molar-refractivity contribution in [1.82, 2.24) is 9.97 Å². The molecule has 0 spiro atoms. The molecule has 0 amide bonds. The Morgan fingerprint density at radius 2 is 1.77 bits per heavy atom. The lowest BCUT2D eigenvalue weighted by Gasteiger charge is -2.11. The Balaban J connectivity index is 1.89. The van der Waals surface area contributed by atoms with Crippen LogP contribution in [0.25, 0.3) is 11.3 Å². The first kappa shape index (κ1) is 17.4. The van der Waals surface area contributed by atoms with Gasteiger partial charge < -0.3 is 10.6 Å². The van der Waals surface area contributed by atoms with Crippen molar-refractivity contribution in [3.05, 3.63) is 66.2 Å². The van der Waals surface area contributed by atoms with Gasteiger partial charge in [0.15, 0.2) is 0 Å². The molecule has 0 radical (unpaired) electrons. The third-order valence-electron chi connectivity index (χ3n) is 3.90. The van der Waals surface area contributed by atoms with E-state index in [1.807, 2.05) is 48.5 Å². The molecule has 0 aliphatic heterocycles. The standard InChI is InChI=1S/C21H21N5/c1-2-3-13-23-21-25-19(17-7-5-4-6-8-17)14-20(26-21)24-18-11-9-16(15-22)10-12-18/h4-12,14H,2-3,13H2,1H3,(H2,23,24,25,26). The molecule has 3 rings (SSSR count). The fourth-order valence-corrected chi connectivity index (χ4v) is 2.50. The van der Waals surface area contributed by atoms with Gasteiger partial charge in [0.25, 0.3) is 0 Å². The Labute approximate surface area is 153 Å². The van der Waals surface area contributed by atoms with Crippen molar-refractivity contribution < 1.29 is 0 Å². The maximum absolute atomic E-state index is 8.92. The van der Waals surface area contributed by atoms with Crippen LogP contribution >= 0.6 is 0 Å². The van der Waals surface area contributed by atoms with E-state index in [0.29, 0.717) is 17.3 Å². The second-order valence-corrected chi connectivity index (χ2v) is 5.92. The molecule has 3 aromatic rings. The fraction of sp³-hybridized carbons (Fsp3) is 0.190. The van der Waals surface area contributed by atoms with Gasteiger partial charge in [-0.05, 0) is 30.7 Å². The van der Waals surface area contributed by atoms with Crippen LogP contribution in [0.5, 0.6) is 0 Å². The molecule has 0 atom stereocenters. The van der Waals surface area contributed by atoms with Crippen molar-refractivity contribution in [2.24, 2.45) is 0 Å². The molecule has 2 N–H and O–H groups in total. The maximum atomic E-state index is 8.92. The zero-order valence-corrected chi connectivity index (χ0v) is 14.7. The zero-order chi connectivity index (χ0) is 18.2. The van der Waals surface area contributed by atoms with Crippen LogP contribution in [0.15, 0.2) is 60.7 Å². The highest BCUT2D eigenvalue weighted by Crippen LogP contribution is 2.23. The van der Waals surface area contributed by atoms with Gasteiger partial charge in [-0.2, -0.15) is 10.2 Å². The molecule has 0 unspecified atom stereocenters. The SMILES string of the molecule is CCCCNc1nc(Nc2ccc(C#N)cc2)cc(-c2ccccc2)n1. The molecule has 130 valence electrons. The van der Waals surface area contributed by atoms with Crippen molar-refractivity contribution in [2.75, 3.05) is 17.2 Å². The third-order valence-corrected chi connectivity index (χ3v) is 3.90. The number of nitriles is 1. The quantitative estimate of drug-likeness (QED) is 0.592. The summed E-state index contributed by atoms with van der Waals surface area (Å²) in [5, 5.41) is 15.5. The Morgan fingerprint density at radius 1 is 1.00 bits per heavy atom. The Hall–Kier alpha value is -3.39. The van der Waals surface area contributed by atoms with Gasteiger partial charge in [0, 0.05) is 23.9 Å². The summed E-state index contributed by atoms with van der Waals surface area (Å²) in [5.74, 6) is 1.32. The zero-order valence-electron chi connectivity index (χ0n) is 14.7. The number of nitrogens with one attached hydrogen (secondary N) is 2. The number of nitrogens with zero attached hydrogens (tertiary/aromatic N) is 3. The van der Waals surface area contributed by atoms with E-state index in [9.17, 15) is 0 Å². The van der Waals surface area contributed by atoms with E-state index in [1.165, 1.54) is 0 Å². The van der Waals surface area contributed by atoms with Gasteiger partial charge in [-0.3, -0.25) is 0 Å². The number of hydrogen-bond acceptors (Lipinski definition) is 5. The predicted octanol–water partition coefficient (Wildman–Crippen LogP) is 4.97. The molecule has 0 aliphatic rings. The summed E-state index contributed by atoms with van der Waals surface area (Å²) >= 11 is 0. The second-order valence-electron chi connectivity index (χ2n) is 5.92. The summed E-state index contributed by atoms with van der Waals surface area (Å²) in [5.41, 5.74) is 3.40. The smallest absolute Gasteiger partial charge is 0.225 e. The summed E-state index contributed by atoms with van der Waals surface area (Å²) in [7, 11) is 0. The van der Waals surface area contributed by atoms with E-state index in [2.05, 4.69) is 33.6 Å². The van der Waals surface area contributed by atoms with Gasteiger partial charge in [-0.15, -0.1) is 0 Å². The van der Waals surface area contributed by atoms with E-state index in [0.717, 1.165) is 36.3 Å². The molecule has 1 heterocycles. The maximum Gasteiger partial charge on any atom is 0.225 e. The molecule has 1 aromatic heterocycles. The van der Waals surface area contributed by atoms with E-state index in [1.54, 1.807) is 12.1 Å². The Kier molecular flexibility index (Phi) is 5.79. The first-order valence-corrected chi connectivity index (χ1v) is 8.74.